The van der Waals surface area contributed by atoms with Crippen LogP contribution in [0.4, 0.5) is 0 Å². The van der Waals surface area contributed by atoms with Crippen LogP contribution < -0.4 is 11.1 Å². The highest BCUT2D eigenvalue weighted by Crippen LogP contribution is 2.20. The van der Waals surface area contributed by atoms with Gasteiger partial charge in [-0.15, -0.1) is 12.4 Å². The van der Waals surface area contributed by atoms with Gasteiger partial charge < -0.3 is 15.8 Å². The molecular weight excluding hydrogens is 360 g/mol. The average Bonchev–Trinajstić information content (AvgIpc) is 2.39. The average molecular weight is 380 g/mol. The summed E-state index contributed by atoms with van der Waals surface area (Å²) in [5.41, 5.74) is 6.37. The second-order valence-corrected chi connectivity index (χ2v) is 5.33. The van der Waals surface area contributed by atoms with Gasteiger partial charge in [0.1, 0.15) is 0 Å². The molecule has 0 saturated carbocycles. The van der Waals surface area contributed by atoms with Crippen LogP contribution in [0.1, 0.15) is 31.9 Å². The first kappa shape index (κ1) is 19.9. The van der Waals surface area contributed by atoms with Crippen LogP contribution in [0.15, 0.2) is 28.7 Å². The topological polar surface area (TPSA) is 81.4 Å². The predicted molar refractivity (Wildman–Crippen MR) is 87.2 cm³/mol. The van der Waals surface area contributed by atoms with Crippen LogP contribution in [-0.2, 0) is 14.3 Å². The third kappa shape index (κ3) is 6.93. The van der Waals surface area contributed by atoms with Crippen LogP contribution in [0.5, 0.6) is 0 Å². The number of hydrogen-bond acceptors (Lipinski definition) is 4. The molecule has 2 atom stereocenters. The van der Waals surface area contributed by atoms with Crippen LogP contribution in [0, 0.1) is 0 Å². The summed E-state index contributed by atoms with van der Waals surface area (Å²) in [4.78, 5) is 23.4. The summed E-state index contributed by atoms with van der Waals surface area (Å²) in [5.74, 6) is -0.660. The van der Waals surface area contributed by atoms with E-state index in [-0.39, 0.29) is 30.7 Å². The van der Waals surface area contributed by atoms with Crippen molar-refractivity contribution < 1.29 is 14.3 Å². The fourth-order valence-corrected chi connectivity index (χ4v) is 1.90. The van der Waals surface area contributed by atoms with Gasteiger partial charge in [0.05, 0.1) is 25.1 Å². The number of hydrogen-bond donors (Lipinski definition) is 2. The highest BCUT2D eigenvalue weighted by Gasteiger charge is 2.20. The van der Waals surface area contributed by atoms with Crippen LogP contribution in [0.25, 0.3) is 0 Å². The van der Waals surface area contributed by atoms with Gasteiger partial charge in [0.25, 0.3) is 0 Å². The Hall–Kier alpha value is -1.11. The van der Waals surface area contributed by atoms with E-state index in [9.17, 15) is 9.59 Å². The number of halogens is 2. The van der Waals surface area contributed by atoms with E-state index in [4.69, 9.17) is 10.5 Å². The second-order valence-electron chi connectivity index (χ2n) is 4.41. The molecule has 1 amide bonds. The Morgan fingerprint density at radius 3 is 2.38 bits per heavy atom. The molecule has 5 nitrogen and oxygen atoms in total. The minimum Gasteiger partial charge on any atom is -0.466 e. The summed E-state index contributed by atoms with van der Waals surface area (Å²) in [7, 11) is 0. The Morgan fingerprint density at radius 2 is 1.90 bits per heavy atom. The van der Waals surface area contributed by atoms with Gasteiger partial charge in [-0.3, -0.25) is 9.59 Å². The molecule has 0 aliphatic carbocycles. The SMILES string of the molecule is CCOC(=O)CC(NC(=O)[C@H](C)N)c1ccc(Br)cc1.Cl. The van der Waals surface area contributed by atoms with E-state index in [0.29, 0.717) is 6.61 Å². The monoisotopic (exact) mass is 378 g/mol. The standard InChI is InChI=1S/C14H19BrN2O3.ClH/c1-3-20-13(18)8-12(17-14(19)9(2)16)10-4-6-11(15)7-5-10;/h4-7,9,12H,3,8,16H2,1-2H3,(H,17,19);1H/t9-,12?;/m0./s1. The van der Waals surface area contributed by atoms with E-state index < -0.39 is 12.1 Å². The van der Waals surface area contributed by atoms with Gasteiger partial charge in [-0.05, 0) is 31.5 Å². The second kappa shape index (κ2) is 9.76. The van der Waals surface area contributed by atoms with E-state index in [0.717, 1.165) is 10.0 Å². The van der Waals surface area contributed by atoms with Crippen LogP contribution in [0.2, 0.25) is 0 Å². The van der Waals surface area contributed by atoms with Crippen molar-refractivity contribution >= 4 is 40.2 Å². The lowest BCUT2D eigenvalue weighted by Gasteiger charge is -2.19. The molecule has 1 rings (SSSR count). The fourth-order valence-electron chi connectivity index (χ4n) is 1.64. The summed E-state index contributed by atoms with van der Waals surface area (Å²) in [5, 5.41) is 2.76. The van der Waals surface area contributed by atoms with Crippen LogP contribution in [-0.4, -0.2) is 24.5 Å². The lowest BCUT2D eigenvalue weighted by atomic mass is 10.0. The first-order valence-corrected chi connectivity index (χ1v) is 7.20. The first-order valence-electron chi connectivity index (χ1n) is 6.41. The maximum Gasteiger partial charge on any atom is 0.308 e. The number of rotatable bonds is 6. The summed E-state index contributed by atoms with van der Waals surface area (Å²) in [6.45, 7) is 3.65. The number of esters is 1. The van der Waals surface area contributed by atoms with Gasteiger partial charge >= 0.3 is 5.97 Å². The Morgan fingerprint density at radius 1 is 1.33 bits per heavy atom. The Balaban J connectivity index is 0.00000400. The molecule has 0 aliphatic heterocycles. The van der Waals surface area contributed by atoms with Crippen molar-refractivity contribution in [2.45, 2.75) is 32.4 Å². The largest absolute Gasteiger partial charge is 0.466 e. The molecule has 3 N–H and O–H groups in total. The van der Waals surface area contributed by atoms with E-state index in [1.165, 1.54) is 0 Å². The highest BCUT2D eigenvalue weighted by molar-refractivity contribution is 9.10. The van der Waals surface area contributed by atoms with E-state index >= 15 is 0 Å². The molecule has 1 aromatic rings. The summed E-state index contributed by atoms with van der Waals surface area (Å²) in [6.07, 6.45) is 0.0773. The third-order valence-corrected chi connectivity index (χ3v) is 3.21. The number of ether oxygens (including phenoxy) is 1. The van der Waals surface area contributed by atoms with Crippen molar-refractivity contribution in [3.8, 4) is 0 Å². The smallest absolute Gasteiger partial charge is 0.308 e. The molecule has 1 aromatic carbocycles. The number of carbonyl (C=O) groups is 2. The lowest BCUT2D eigenvalue weighted by molar-refractivity contribution is -0.143. The number of carbonyl (C=O) groups excluding carboxylic acids is 2. The predicted octanol–water partition coefficient (Wildman–Crippen LogP) is 2.33. The highest BCUT2D eigenvalue weighted by atomic mass is 79.9. The van der Waals surface area contributed by atoms with Gasteiger partial charge in [-0.25, -0.2) is 0 Å². The molecule has 0 bridgehead atoms. The van der Waals surface area contributed by atoms with Gasteiger partial charge in [0.15, 0.2) is 0 Å². The molecule has 0 aliphatic rings. The van der Waals surface area contributed by atoms with Crippen molar-refractivity contribution in [3.63, 3.8) is 0 Å². The summed E-state index contributed by atoms with van der Waals surface area (Å²) >= 11 is 3.35. The van der Waals surface area contributed by atoms with Crippen molar-refractivity contribution in [3.05, 3.63) is 34.3 Å². The van der Waals surface area contributed by atoms with Crippen molar-refractivity contribution in [1.29, 1.82) is 0 Å². The maximum absolute atomic E-state index is 11.7. The zero-order valence-corrected chi connectivity index (χ0v) is 14.4. The van der Waals surface area contributed by atoms with E-state index in [2.05, 4.69) is 21.2 Å². The van der Waals surface area contributed by atoms with Crippen molar-refractivity contribution in [2.75, 3.05) is 6.61 Å². The van der Waals surface area contributed by atoms with Crippen LogP contribution >= 0.6 is 28.3 Å². The molecule has 0 fully saturated rings. The molecule has 0 heterocycles. The van der Waals surface area contributed by atoms with Crippen molar-refractivity contribution in [1.82, 2.24) is 5.32 Å². The van der Waals surface area contributed by atoms with Gasteiger partial charge in [-0.1, -0.05) is 28.1 Å². The molecule has 0 radical (unpaired) electrons. The van der Waals surface area contributed by atoms with Gasteiger partial charge in [-0.2, -0.15) is 0 Å². The molecule has 7 heteroatoms. The zero-order chi connectivity index (χ0) is 15.1. The normalized spacial score (nSPS) is 12.8. The van der Waals surface area contributed by atoms with E-state index in [1.807, 2.05) is 24.3 Å². The molecule has 1 unspecified atom stereocenters. The molecule has 21 heavy (non-hydrogen) atoms. The quantitative estimate of drug-likeness (QED) is 0.743. The van der Waals surface area contributed by atoms with Gasteiger partial charge in [0, 0.05) is 4.47 Å². The molecule has 0 spiro atoms. The number of nitrogens with one attached hydrogen (secondary N) is 1. The Labute approximate surface area is 139 Å². The fraction of sp³-hybridized carbons (Fsp3) is 0.429. The number of nitrogens with two attached hydrogens (primary N) is 1. The summed E-state index contributed by atoms with van der Waals surface area (Å²) < 4.78 is 5.85. The van der Waals surface area contributed by atoms with Gasteiger partial charge in [0.2, 0.25) is 5.91 Å². The van der Waals surface area contributed by atoms with Crippen LogP contribution in [0.3, 0.4) is 0 Å². The van der Waals surface area contributed by atoms with Crippen molar-refractivity contribution in [2.24, 2.45) is 5.73 Å². The minimum atomic E-state index is -0.629. The third-order valence-electron chi connectivity index (χ3n) is 2.68. The molecule has 0 saturated heterocycles. The Bertz CT molecular complexity index is 466. The molecule has 118 valence electrons. The zero-order valence-electron chi connectivity index (χ0n) is 12.0. The summed E-state index contributed by atoms with van der Waals surface area (Å²) in [6, 6.07) is 6.32. The van der Waals surface area contributed by atoms with E-state index in [1.54, 1.807) is 13.8 Å². The maximum atomic E-state index is 11.7. The number of benzene rings is 1. The first-order chi connectivity index (χ1) is 9.43. The molecule has 0 aromatic heterocycles. The minimum absolute atomic E-state index is 0. The molecular formula is C14H20BrClN2O3. The number of amides is 1. The lowest BCUT2D eigenvalue weighted by Crippen LogP contribution is -2.41. The Kier molecular flexibility index (Phi) is 9.24.